The number of anilines is 6. The van der Waals surface area contributed by atoms with Crippen molar-refractivity contribution in [3.8, 4) is 33.4 Å². The van der Waals surface area contributed by atoms with E-state index in [0.717, 1.165) is 56.4 Å². The smallest absolute Gasteiger partial charge is 0.123 e. The Kier molecular flexibility index (Phi) is 12.2. The van der Waals surface area contributed by atoms with Crippen LogP contribution in [0.5, 0.6) is 0 Å². The zero-order valence-corrected chi connectivity index (χ0v) is 48.3. The Morgan fingerprint density at radius 2 is 0.624 bits per heavy atom. The fraction of sp³-hybridized carbons (Fsp3) is 0.0500. The highest BCUT2D eigenvalue weighted by Gasteiger charge is 2.48. The monoisotopic (exact) mass is 1110 g/mol. The van der Waals surface area contributed by atoms with Gasteiger partial charge in [-0.2, -0.15) is 0 Å². The van der Waals surface area contributed by atoms with Gasteiger partial charge in [-0.1, -0.05) is 220 Å². The molecule has 2 unspecified atom stereocenters. The van der Waals surface area contributed by atoms with Crippen LogP contribution in [0.1, 0.15) is 55.6 Å². The van der Waals surface area contributed by atoms with Crippen LogP contribution in [0.3, 0.4) is 0 Å². The molecule has 0 spiro atoms. The van der Waals surface area contributed by atoms with Gasteiger partial charge >= 0.3 is 0 Å². The molecule has 2 atom stereocenters. The quantitative estimate of drug-likeness (QED) is 0.113. The molecule has 12 aromatic rings. The van der Waals surface area contributed by atoms with E-state index in [2.05, 4.69) is 267 Å². The van der Waals surface area contributed by atoms with Crippen LogP contribution in [-0.2, 0) is 10.8 Å². The summed E-state index contributed by atoms with van der Waals surface area (Å²) in [5.41, 5.74) is 22.8. The maximum atomic E-state index is 15.1. The van der Waals surface area contributed by atoms with Gasteiger partial charge in [0.15, 0.2) is 0 Å². The van der Waals surface area contributed by atoms with Gasteiger partial charge in [-0.05, 0) is 196 Å². The molecule has 0 bridgehead atoms. The van der Waals surface area contributed by atoms with Gasteiger partial charge in [0.05, 0.1) is 10.8 Å². The van der Waals surface area contributed by atoms with Crippen LogP contribution in [-0.4, -0.2) is 8.07 Å². The van der Waals surface area contributed by atoms with Crippen molar-refractivity contribution in [3.63, 3.8) is 0 Å². The van der Waals surface area contributed by atoms with Crippen LogP contribution < -0.4 is 20.2 Å². The summed E-state index contributed by atoms with van der Waals surface area (Å²) in [5, 5.41) is 2.69. The van der Waals surface area contributed by atoms with Gasteiger partial charge in [-0.15, -0.1) is 0 Å². The lowest BCUT2D eigenvalue weighted by Crippen LogP contribution is -2.49. The van der Waals surface area contributed by atoms with E-state index in [9.17, 15) is 0 Å². The predicted molar refractivity (Wildman–Crippen MR) is 353 cm³/mol. The second-order valence-electron chi connectivity index (χ2n) is 23.1. The lowest BCUT2D eigenvalue weighted by Gasteiger charge is -2.35. The third-order valence-electron chi connectivity index (χ3n) is 18.5. The maximum absolute atomic E-state index is 15.1. The van der Waals surface area contributed by atoms with E-state index in [1.807, 2.05) is 36.4 Å². The normalized spacial score (nSPS) is 16.3. The van der Waals surface area contributed by atoms with Crippen molar-refractivity contribution < 1.29 is 8.78 Å². The molecule has 0 fully saturated rings. The van der Waals surface area contributed by atoms with Crippen molar-refractivity contribution in [2.24, 2.45) is 0 Å². The van der Waals surface area contributed by atoms with Crippen LogP contribution in [0.2, 0.25) is 13.1 Å². The maximum Gasteiger partial charge on any atom is 0.123 e. The number of fused-ring (bicyclic) bond motifs is 9. The van der Waals surface area contributed by atoms with Crippen molar-refractivity contribution in [1.82, 2.24) is 0 Å². The summed E-state index contributed by atoms with van der Waals surface area (Å²) in [6, 6.07) is 98.3. The predicted octanol–water partition coefficient (Wildman–Crippen LogP) is 19.7. The summed E-state index contributed by atoms with van der Waals surface area (Å²) in [6.45, 7) is 13.0. The summed E-state index contributed by atoms with van der Waals surface area (Å²) in [6.07, 6.45) is 3.79. The Balaban J connectivity index is 0.910. The second-order valence-corrected chi connectivity index (χ2v) is 27.5. The summed E-state index contributed by atoms with van der Waals surface area (Å²) in [7, 11) is -2.28. The zero-order valence-electron chi connectivity index (χ0n) is 47.3. The standard InChI is InChI=1S/C80H58F2N2Si/c1-5-53-25-29-57(30-26-53)79(55-17-9-7-10-18-55)73-23-15-13-21-67(73)69-45-41-65(51-75(69)79)83(61-37-33-59(81)34-38-61)63-43-47-77-71(49-63)72-50-64(44-48-78(72)85(77,3)4)84(62-39-35-60(82)36-40-62)66-42-46-70-68-22-14-16-24-74(68)80(76(70)52-66,56-19-11-8-12-20-56)58-31-27-54(6-2)28-32-58/h5-52H,1-2H2,3-4H3. The molecule has 12 aromatic carbocycles. The van der Waals surface area contributed by atoms with Gasteiger partial charge in [0.25, 0.3) is 0 Å². The van der Waals surface area contributed by atoms with Crippen LogP contribution in [0, 0.1) is 11.6 Å². The highest BCUT2D eigenvalue weighted by atomic mass is 28.3. The first-order chi connectivity index (χ1) is 41.6. The Bertz CT molecular complexity index is 4320. The Labute approximate surface area is 497 Å². The third-order valence-corrected chi connectivity index (χ3v) is 22.0. The molecule has 2 aliphatic carbocycles. The molecule has 2 nitrogen and oxygen atoms in total. The molecule has 0 N–H and O–H groups in total. The molecule has 15 rings (SSSR count). The highest BCUT2D eigenvalue weighted by Crippen LogP contribution is 2.59. The average Bonchev–Trinajstić information content (AvgIpc) is 1.65. The number of nitrogens with zero attached hydrogens (tertiary/aromatic N) is 2. The number of hydrogen-bond acceptors (Lipinski definition) is 2. The molecule has 5 heteroatoms. The molecule has 0 saturated heterocycles. The van der Waals surface area contributed by atoms with Gasteiger partial charge in [0, 0.05) is 34.1 Å². The molecule has 1 heterocycles. The minimum Gasteiger partial charge on any atom is -0.310 e. The van der Waals surface area contributed by atoms with Gasteiger partial charge in [-0.3, -0.25) is 0 Å². The molecule has 406 valence electrons. The van der Waals surface area contributed by atoms with Gasteiger partial charge in [-0.25, -0.2) is 8.78 Å². The molecular formula is C80H58F2N2Si. The van der Waals surface area contributed by atoms with Crippen LogP contribution >= 0.6 is 0 Å². The SMILES string of the molecule is C=Cc1ccc(C2(c3ccccc3)c3ccccc3-c3ccc(N(c4ccc(F)cc4)c4ccc5c(c4)-c4cc(N(c6ccc(F)cc6)c6ccc7c(c6)C(c6ccccc6)(c6ccc(C=C)cc6)c6ccccc6-7)ccc4[Si]5(C)C)cc32)cc1. The van der Waals surface area contributed by atoms with E-state index < -0.39 is 18.9 Å². The summed E-state index contributed by atoms with van der Waals surface area (Å²) in [5.74, 6) is -0.595. The summed E-state index contributed by atoms with van der Waals surface area (Å²) in [4.78, 5) is 4.57. The van der Waals surface area contributed by atoms with Crippen LogP contribution in [0.4, 0.5) is 42.9 Å². The first-order valence-corrected chi connectivity index (χ1v) is 32.1. The van der Waals surface area contributed by atoms with E-state index >= 15 is 8.78 Å². The fourth-order valence-electron chi connectivity index (χ4n) is 14.6. The van der Waals surface area contributed by atoms with Crippen LogP contribution in [0.25, 0.3) is 45.5 Å². The average molecular weight is 1110 g/mol. The van der Waals surface area contributed by atoms with E-state index in [1.54, 1.807) is 24.3 Å². The minimum absolute atomic E-state index is 0.297. The van der Waals surface area contributed by atoms with E-state index in [0.29, 0.717) is 0 Å². The van der Waals surface area contributed by atoms with Crippen molar-refractivity contribution >= 4 is 64.7 Å². The highest BCUT2D eigenvalue weighted by molar-refractivity contribution is 7.03. The van der Waals surface area contributed by atoms with E-state index in [4.69, 9.17) is 0 Å². The van der Waals surface area contributed by atoms with E-state index in [-0.39, 0.29) is 11.6 Å². The first-order valence-electron chi connectivity index (χ1n) is 29.1. The van der Waals surface area contributed by atoms with Gasteiger partial charge < -0.3 is 9.80 Å². The number of benzene rings is 12. The van der Waals surface area contributed by atoms with Gasteiger partial charge in [0.2, 0.25) is 0 Å². The lowest BCUT2D eigenvalue weighted by atomic mass is 9.67. The zero-order chi connectivity index (χ0) is 57.6. The largest absolute Gasteiger partial charge is 0.310 e. The Morgan fingerprint density at radius 1 is 0.306 bits per heavy atom. The Morgan fingerprint density at radius 3 is 1.01 bits per heavy atom. The van der Waals surface area contributed by atoms with Crippen molar-refractivity contribution in [2.45, 2.75) is 23.9 Å². The summed E-state index contributed by atoms with van der Waals surface area (Å²) >= 11 is 0. The molecule has 0 radical (unpaired) electrons. The number of hydrogen-bond donors (Lipinski definition) is 0. The molecule has 85 heavy (non-hydrogen) atoms. The molecule has 0 saturated carbocycles. The fourth-order valence-corrected chi connectivity index (χ4v) is 17.7. The summed E-state index contributed by atoms with van der Waals surface area (Å²) < 4.78 is 30.2. The van der Waals surface area contributed by atoms with Crippen molar-refractivity contribution in [1.29, 1.82) is 0 Å². The first kappa shape index (κ1) is 51.7. The van der Waals surface area contributed by atoms with Gasteiger partial charge in [0.1, 0.15) is 19.7 Å². The molecule has 3 aliphatic rings. The van der Waals surface area contributed by atoms with Crippen molar-refractivity contribution in [3.05, 3.63) is 359 Å². The third kappa shape index (κ3) is 7.87. The molecule has 1 aliphatic heterocycles. The van der Waals surface area contributed by atoms with Crippen molar-refractivity contribution in [2.75, 3.05) is 9.80 Å². The van der Waals surface area contributed by atoms with Crippen LogP contribution in [0.15, 0.2) is 292 Å². The van der Waals surface area contributed by atoms with E-state index in [1.165, 1.54) is 77.1 Å². The number of halogens is 2. The second kappa shape index (κ2) is 20.0. The Hall–Kier alpha value is -10.2. The minimum atomic E-state index is -2.28. The number of rotatable bonds is 12. The topological polar surface area (TPSA) is 6.48 Å². The molecule has 0 amide bonds. The molecular weight excluding hydrogens is 1050 g/mol. The molecule has 0 aromatic heterocycles. The lowest BCUT2D eigenvalue weighted by molar-refractivity contribution is 0.627.